The molecule has 0 saturated heterocycles. The van der Waals surface area contributed by atoms with Crippen molar-refractivity contribution >= 4 is 5.91 Å². The van der Waals surface area contributed by atoms with E-state index >= 15 is 0 Å². The number of aromatic nitrogens is 1. The summed E-state index contributed by atoms with van der Waals surface area (Å²) in [5.74, 6) is -0.480. The fourth-order valence-electron chi connectivity index (χ4n) is 1.62. The van der Waals surface area contributed by atoms with Crippen molar-refractivity contribution in [2.45, 2.75) is 33.7 Å². The van der Waals surface area contributed by atoms with Gasteiger partial charge < -0.3 is 4.90 Å². The number of carbonyl (C=O) groups excluding carboxylic acids is 1. The molecule has 1 aromatic heterocycles. The molecule has 94 valence electrons. The largest absolute Gasteiger partial charge is 0.336 e. The Hall–Kier alpha value is -1.45. The third-order valence-corrected chi connectivity index (χ3v) is 2.45. The number of halogens is 1. The Labute approximate surface area is 102 Å². The molecular formula is C13H19FN2O. The predicted octanol–water partition coefficient (Wildman–Crippen LogP) is 2.73. The van der Waals surface area contributed by atoms with Crippen LogP contribution in [0, 0.1) is 11.7 Å². The van der Waals surface area contributed by atoms with Crippen molar-refractivity contribution in [2.75, 3.05) is 6.54 Å². The highest BCUT2D eigenvalue weighted by molar-refractivity contribution is 5.94. The summed E-state index contributed by atoms with van der Waals surface area (Å²) in [6.07, 6.45) is 2.51. The molecule has 0 atom stereocenters. The maximum atomic E-state index is 13.5. The Bertz CT molecular complexity index is 391. The average molecular weight is 238 g/mol. The molecule has 0 bridgehead atoms. The molecular weight excluding hydrogens is 219 g/mol. The van der Waals surface area contributed by atoms with E-state index in [1.165, 1.54) is 12.3 Å². The molecule has 0 spiro atoms. The SMILES string of the molecule is CC(C)CN(C(=O)c1ccncc1F)C(C)C. The van der Waals surface area contributed by atoms with Crippen LogP contribution in [-0.2, 0) is 0 Å². The number of nitrogens with zero attached hydrogens (tertiary/aromatic N) is 2. The van der Waals surface area contributed by atoms with Crippen LogP contribution in [0.5, 0.6) is 0 Å². The average Bonchev–Trinajstić information content (AvgIpc) is 2.25. The van der Waals surface area contributed by atoms with Crippen molar-refractivity contribution in [3.8, 4) is 0 Å². The molecule has 0 saturated carbocycles. The third kappa shape index (κ3) is 3.51. The van der Waals surface area contributed by atoms with Crippen molar-refractivity contribution in [1.82, 2.24) is 9.88 Å². The van der Waals surface area contributed by atoms with Gasteiger partial charge in [0.1, 0.15) is 0 Å². The van der Waals surface area contributed by atoms with Crippen LogP contribution in [0.1, 0.15) is 38.1 Å². The van der Waals surface area contributed by atoms with E-state index in [2.05, 4.69) is 4.98 Å². The second-order valence-corrected chi connectivity index (χ2v) is 4.80. The van der Waals surface area contributed by atoms with Crippen LogP contribution < -0.4 is 0 Å². The number of pyridine rings is 1. The van der Waals surface area contributed by atoms with Crippen molar-refractivity contribution < 1.29 is 9.18 Å². The molecule has 0 aliphatic rings. The first-order valence-corrected chi connectivity index (χ1v) is 5.84. The van der Waals surface area contributed by atoms with Gasteiger partial charge in [-0.05, 0) is 25.8 Å². The normalized spacial score (nSPS) is 11.0. The van der Waals surface area contributed by atoms with Gasteiger partial charge in [0, 0.05) is 18.8 Å². The van der Waals surface area contributed by atoms with Gasteiger partial charge in [0.2, 0.25) is 0 Å². The topological polar surface area (TPSA) is 33.2 Å². The second kappa shape index (κ2) is 5.75. The van der Waals surface area contributed by atoms with Gasteiger partial charge in [0.25, 0.3) is 5.91 Å². The molecule has 1 rings (SSSR count). The second-order valence-electron chi connectivity index (χ2n) is 4.80. The summed E-state index contributed by atoms with van der Waals surface area (Å²) in [4.78, 5) is 17.5. The zero-order valence-corrected chi connectivity index (χ0v) is 10.8. The predicted molar refractivity (Wildman–Crippen MR) is 65.2 cm³/mol. The molecule has 3 nitrogen and oxygen atoms in total. The molecule has 0 unspecified atom stereocenters. The number of amides is 1. The molecule has 0 aliphatic heterocycles. The van der Waals surface area contributed by atoms with E-state index in [1.54, 1.807) is 4.90 Å². The Balaban J connectivity index is 2.96. The number of hydrogen-bond acceptors (Lipinski definition) is 2. The molecule has 0 aromatic carbocycles. The maximum Gasteiger partial charge on any atom is 0.257 e. The van der Waals surface area contributed by atoms with Crippen LogP contribution in [0.3, 0.4) is 0 Å². The van der Waals surface area contributed by atoms with Crippen LogP contribution in [-0.4, -0.2) is 28.4 Å². The Morgan fingerprint density at radius 3 is 2.53 bits per heavy atom. The van der Waals surface area contributed by atoms with Crippen LogP contribution in [0.4, 0.5) is 4.39 Å². The summed E-state index contributed by atoms with van der Waals surface area (Å²) < 4.78 is 13.5. The minimum Gasteiger partial charge on any atom is -0.336 e. The van der Waals surface area contributed by atoms with Crippen LogP contribution >= 0.6 is 0 Å². The van der Waals surface area contributed by atoms with Crippen molar-refractivity contribution in [2.24, 2.45) is 5.92 Å². The first kappa shape index (κ1) is 13.6. The lowest BCUT2D eigenvalue weighted by Crippen LogP contribution is -2.39. The fraction of sp³-hybridized carbons (Fsp3) is 0.538. The van der Waals surface area contributed by atoms with E-state index in [0.29, 0.717) is 12.5 Å². The Kier molecular flexibility index (Phi) is 4.61. The van der Waals surface area contributed by atoms with E-state index in [0.717, 1.165) is 6.20 Å². The molecule has 0 radical (unpaired) electrons. The number of carbonyl (C=O) groups is 1. The number of hydrogen-bond donors (Lipinski definition) is 0. The summed E-state index contributed by atoms with van der Waals surface area (Å²) in [7, 11) is 0. The molecule has 1 aromatic rings. The van der Waals surface area contributed by atoms with Gasteiger partial charge in [-0.1, -0.05) is 13.8 Å². The minimum atomic E-state index is -0.563. The highest BCUT2D eigenvalue weighted by Gasteiger charge is 2.22. The lowest BCUT2D eigenvalue weighted by atomic mass is 10.1. The van der Waals surface area contributed by atoms with Gasteiger partial charge in [0.15, 0.2) is 5.82 Å². The monoisotopic (exact) mass is 238 g/mol. The fourth-order valence-corrected chi connectivity index (χ4v) is 1.62. The van der Waals surface area contributed by atoms with E-state index in [9.17, 15) is 9.18 Å². The maximum absolute atomic E-state index is 13.5. The van der Waals surface area contributed by atoms with Crippen molar-refractivity contribution in [3.05, 3.63) is 29.8 Å². The van der Waals surface area contributed by atoms with Gasteiger partial charge in [0.05, 0.1) is 11.8 Å². The molecule has 1 heterocycles. The van der Waals surface area contributed by atoms with E-state index in [1.807, 2.05) is 27.7 Å². The quantitative estimate of drug-likeness (QED) is 0.808. The molecule has 0 aliphatic carbocycles. The third-order valence-electron chi connectivity index (χ3n) is 2.45. The van der Waals surface area contributed by atoms with Crippen molar-refractivity contribution in [3.63, 3.8) is 0 Å². The van der Waals surface area contributed by atoms with Gasteiger partial charge in [-0.25, -0.2) is 4.39 Å². The summed E-state index contributed by atoms with van der Waals surface area (Å²) in [6.45, 7) is 8.55. The lowest BCUT2D eigenvalue weighted by molar-refractivity contribution is 0.0677. The first-order valence-electron chi connectivity index (χ1n) is 5.84. The molecule has 4 heteroatoms. The summed E-state index contributed by atoms with van der Waals surface area (Å²) in [5.41, 5.74) is 0.0920. The Morgan fingerprint density at radius 2 is 2.06 bits per heavy atom. The van der Waals surface area contributed by atoms with Gasteiger partial charge in [-0.3, -0.25) is 9.78 Å². The summed E-state index contributed by atoms with van der Waals surface area (Å²) in [6, 6.07) is 1.48. The molecule has 17 heavy (non-hydrogen) atoms. The van der Waals surface area contributed by atoms with Crippen LogP contribution in [0.2, 0.25) is 0 Å². The zero-order chi connectivity index (χ0) is 13.0. The zero-order valence-electron chi connectivity index (χ0n) is 10.8. The van der Waals surface area contributed by atoms with Crippen molar-refractivity contribution in [1.29, 1.82) is 0 Å². The van der Waals surface area contributed by atoms with E-state index in [4.69, 9.17) is 0 Å². The smallest absolute Gasteiger partial charge is 0.257 e. The van der Waals surface area contributed by atoms with Crippen LogP contribution in [0.15, 0.2) is 18.5 Å². The highest BCUT2D eigenvalue weighted by atomic mass is 19.1. The molecule has 1 amide bonds. The Morgan fingerprint density at radius 1 is 1.41 bits per heavy atom. The van der Waals surface area contributed by atoms with E-state index in [-0.39, 0.29) is 17.5 Å². The van der Waals surface area contributed by atoms with Crippen LogP contribution in [0.25, 0.3) is 0 Å². The molecule has 0 fully saturated rings. The first-order chi connectivity index (χ1) is 7.93. The lowest BCUT2D eigenvalue weighted by Gasteiger charge is -2.28. The summed E-state index contributed by atoms with van der Waals surface area (Å²) in [5, 5.41) is 0. The van der Waals surface area contributed by atoms with Gasteiger partial charge >= 0.3 is 0 Å². The summed E-state index contributed by atoms with van der Waals surface area (Å²) >= 11 is 0. The standard InChI is InChI=1S/C13H19FN2O/c1-9(2)8-16(10(3)4)13(17)11-5-6-15-7-12(11)14/h5-7,9-10H,8H2,1-4H3. The minimum absolute atomic E-state index is 0.0532. The highest BCUT2D eigenvalue weighted by Crippen LogP contribution is 2.13. The van der Waals surface area contributed by atoms with E-state index < -0.39 is 5.82 Å². The van der Waals surface area contributed by atoms with Gasteiger partial charge in [-0.2, -0.15) is 0 Å². The van der Waals surface area contributed by atoms with Gasteiger partial charge in [-0.15, -0.1) is 0 Å². The number of rotatable bonds is 4. The molecule has 0 N–H and O–H groups in total.